The summed E-state index contributed by atoms with van der Waals surface area (Å²) in [6.07, 6.45) is 39.6. The second kappa shape index (κ2) is 31.7. The van der Waals surface area contributed by atoms with Gasteiger partial charge in [-0.1, -0.05) is 188 Å². The first-order valence-corrected chi connectivity index (χ1v) is 17.5. The quantitative estimate of drug-likeness (QED) is 0.0903. The van der Waals surface area contributed by atoms with Gasteiger partial charge in [0, 0.05) is 13.0 Å². The molecule has 0 aliphatic carbocycles. The van der Waals surface area contributed by atoms with Crippen LogP contribution in [0.15, 0.2) is 0 Å². The molecule has 0 rings (SSSR count). The monoisotopic (exact) mass is 522 g/mol. The van der Waals surface area contributed by atoms with E-state index >= 15 is 0 Å². The molecule has 0 aromatic carbocycles. The molecule has 0 atom stereocenters. The van der Waals surface area contributed by atoms with Crippen LogP contribution in [0.4, 0.5) is 0 Å². The van der Waals surface area contributed by atoms with Gasteiger partial charge in [-0.15, -0.1) is 0 Å². The molecule has 0 aromatic rings. The molecule has 0 aliphatic rings. The largest absolute Gasteiger partial charge is 0.356 e. The fourth-order valence-corrected chi connectivity index (χ4v) is 5.68. The molecule has 2 heteroatoms. The maximum absolute atomic E-state index is 11.9. The topological polar surface area (TPSA) is 29.1 Å². The summed E-state index contributed by atoms with van der Waals surface area (Å²) in [5, 5.41) is 3.07. The van der Waals surface area contributed by atoms with E-state index in [9.17, 15) is 4.79 Å². The number of hydrogen-bond acceptors (Lipinski definition) is 1. The van der Waals surface area contributed by atoms with Crippen molar-refractivity contribution in [1.82, 2.24) is 5.32 Å². The minimum absolute atomic E-state index is 0.265. The molecular formula is C35H71NO. The lowest BCUT2D eigenvalue weighted by Gasteiger charge is -2.17. The standard InChI is InChI=1S/C35H71NO/c1-4-7-10-12-14-16-20-24-29-34(30-25-21-17-15-13-11-8-5-2)31-26-22-18-19-23-27-32-35(37)36-33-28-9-6-3/h34H,4-33H2,1-3H3,(H,36,37). The van der Waals surface area contributed by atoms with Gasteiger partial charge in [-0.05, 0) is 18.8 Å². The van der Waals surface area contributed by atoms with Gasteiger partial charge in [0.25, 0.3) is 0 Å². The van der Waals surface area contributed by atoms with E-state index in [1.165, 1.54) is 167 Å². The third kappa shape index (κ3) is 29.9. The van der Waals surface area contributed by atoms with Gasteiger partial charge >= 0.3 is 0 Å². The molecule has 1 amide bonds. The van der Waals surface area contributed by atoms with Crippen molar-refractivity contribution < 1.29 is 4.79 Å². The van der Waals surface area contributed by atoms with Crippen molar-refractivity contribution in [1.29, 1.82) is 0 Å². The number of rotatable bonds is 31. The smallest absolute Gasteiger partial charge is 0.219 e. The summed E-state index contributed by atoms with van der Waals surface area (Å²) in [7, 11) is 0. The van der Waals surface area contributed by atoms with Gasteiger partial charge in [-0.2, -0.15) is 0 Å². The van der Waals surface area contributed by atoms with E-state index in [0.717, 1.165) is 31.7 Å². The highest BCUT2D eigenvalue weighted by atomic mass is 16.1. The van der Waals surface area contributed by atoms with E-state index in [-0.39, 0.29) is 5.91 Å². The van der Waals surface area contributed by atoms with Crippen molar-refractivity contribution in [2.24, 2.45) is 5.92 Å². The first-order chi connectivity index (χ1) is 18.2. The third-order valence-corrected chi connectivity index (χ3v) is 8.30. The van der Waals surface area contributed by atoms with Gasteiger partial charge in [0.1, 0.15) is 0 Å². The summed E-state index contributed by atoms with van der Waals surface area (Å²) >= 11 is 0. The number of amides is 1. The molecule has 0 radical (unpaired) electrons. The Bertz CT molecular complexity index is 415. The zero-order valence-corrected chi connectivity index (χ0v) is 26.2. The lowest BCUT2D eigenvalue weighted by Crippen LogP contribution is -2.23. The maximum atomic E-state index is 11.9. The Labute approximate surface area is 235 Å². The minimum atomic E-state index is 0.265. The molecule has 1 N–H and O–H groups in total. The lowest BCUT2D eigenvalue weighted by atomic mass is 9.89. The predicted octanol–water partition coefficient (Wildman–Crippen LogP) is 12.1. The first-order valence-electron chi connectivity index (χ1n) is 17.5. The van der Waals surface area contributed by atoms with Crippen LogP contribution in [0.25, 0.3) is 0 Å². The minimum Gasteiger partial charge on any atom is -0.356 e. The summed E-state index contributed by atoms with van der Waals surface area (Å²) in [4.78, 5) is 11.9. The second-order valence-electron chi connectivity index (χ2n) is 12.1. The van der Waals surface area contributed by atoms with Crippen LogP contribution >= 0.6 is 0 Å². The van der Waals surface area contributed by atoms with Gasteiger partial charge in [0.15, 0.2) is 0 Å². The average Bonchev–Trinajstić information content (AvgIpc) is 2.90. The van der Waals surface area contributed by atoms with Crippen molar-refractivity contribution in [3.8, 4) is 0 Å². The van der Waals surface area contributed by atoms with Gasteiger partial charge in [0.2, 0.25) is 5.91 Å². The molecule has 37 heavy (non-hydrogen) atoms. The molecule has 2 nitrogen and oxygen atoms in total. The van der Waals surface area contributed by atoms with Crippen molar-refractivity contribution in [3.63, 3.8) is 0 Å². The normalized spacial score (nSPS) is 11.5. The Morgan fingerprint density at radius 3 is 1.16 bits per heavy atom. The zero-order valence-electron chi connectivity index (χ0n) is 26.2. The van der Waals surface area contributed by atoms with Crippen LogP contribution in [0.5, 0.6) is 0 Å². The summed E-state index contributed by atoms with van der Waals surface area (Å²) in [6, 6.07) is 0. The molecule has 0 aromatic heterocycles. The number of hydrogen-bond donors (Lipinski definition) is 1. The molecule has 0 spiro atoms. The van der Waals surface area contributed by atoms with Crippen molar-refractivity contribution in [2.75, 3.05) is 6.54 Å². The van der Waals surface area contributed by atoms with E-state index < -0.39 is 0 Å². The number of nitrogens with one attached hydrogen (secondary N) is 1. The Hall–Kier alpha value is -0.530. The van der Waals surface area contributed by atoms with E-state index in [1.807, 2.05) is 0 Å². The van der Waals surface area contributed by atoms with E-state index in [0.29, 0.717) is 0 Å². The molecule has 0 heterocycles. The summed E-state index contributed by atoms with van der Waals surface area (Å²) in [5.74, 6) is 1.25. The summed E-state index contributed by atoms with van der Waals surface area (Å²) in [5.41, 5.74) is 0. The highest BCUT2D eigenvalue weighted by Gasteiger charge is 2.09. The average molecular weight is 522 g/mol. The first kappa shape index (κ1) is 36.5. The third-order valence-electron chi connectivity index (χ3n) is 8.30. The highest BCUT2D eigenvalue weighted by Crippen LogP contribution is 2.25. The fraction of sp³-hybridized carbons (Fsp3) is 0.971. The van der Waals surface area contributed by atoms with Crippen molar-refractivity contribution in [2.45, 2.75) is 207 Å². The van der Waals surface area contributed by atoms with E-state index in [2.05, 4.69) is 26.1 Å². The van der Waals surface area contributed by atoms with E-state index in [4.69, 9.17) is 0 Å². The summed E-state index contributed by atoms with van der Waals surface area (Å²) < 4.78 is 0. The van der Waals surface area contributed by atoms with Crippen LogP contribution in [-0.4, -0.2) is 12.5 Å². The number of carbonyl (C=O) groups is 1. The number of carbonyl (C=O) groups excluding carboxylic acids is 1. The number of unbranched alkanes of at least 4 members (excludes halogenated alkanes) is 21. The lowest BCUT2D eigenvalue weighted by molar-refractivity contribution is -0.121. The van der Waals surface area contributed by atoms with Crippen LogP contribution in [0.3, 0.4) is 0 Å². The van der Waals surface area contributed by atoms with Gasteiger partial charge in [-0.3, -0.25) is 4.79 Å². The Balaban J connectivity index is 3.89. The van der Waals surface area contributed by atoms with Gasteiger partial charge in [0.05, 0.1) is 0 Å². The molecule has 0 bridgehead atoms. The molecule has 222 valence electrons. The molecule has 0 aliphatic heterocycles. The molecule has 0 saturated heterocycles. The van der Waals surface area contributed by atoms with Crippen molar-refractivity contribution >= 4 is 5.91 Å². The second-order valence-corrected chi connectivity index (χ2v) is 12.1. The molecule has 0 saturated carbocycles. The zero-order chi connectivity index (χ0) is 27.1. The van der Waals surface area contributed by atoms with Crippen LogP contribution < -0.4 is 5.32 Å². The van der Waals surface area contributed by atoms with Crippen LogP contribution in [0.1, 0.15) is 207 Å². The van der Waals surface area contributed by atoms with Crippen LogP contribution in [0.2, 0.25) is 0 Å². The summed E-state index contributed by atoms with van der Waals surface area (Å²) in [6.45, 7) is 7.69. The Kier molecular flexibility index (Phi) is 31.2. The van der Waals surface area contributed by atoms with Crippen LogP contribution in [-0.2, 0) is 4.79 Å². The fourth-order valence-electron chi connectivity index (χ4n) is 5.68. The molecular weight excluding hydrogens is 450 g/mol. The molecule has 0 fully saturated rings. The molecule has 0 unspecified atom stereocenters. The van der Waals surface area contributed by atoms with Gasteiger partial charge < -0.3 is 5.32 Å². The maximum Gasteiger partial charge on any atom is 0.219 e. The Morgan fingerprint density at radius 1 is 0.432 bits per heavy atom. The van der Waals surface area contributed by atoms with E-state index in [1.54, 1.807) is 0 Å². The SMILES string of the molecule is CCCCCCCCCCC(CCCCCCCCCC)CCCCCCCCC(=O)NCCCCC. The van der Waals surface area contributed by atoms with Gasteiger partial charge in [-0.25, -0.2) is 0 Å². The predicted molar refractivity (Wildman–Crippen MR) is 167 cm³/mol. The van der Waals surface area contributed by atoms with Crippen molar-refractivity contribution in [3.05, 3.63) is 0 Å². The van der Waals surface area contributed by atoms with Crippen LogP contribution in [0, 0.1) is 5.92 Å². The Morgan fingerprint density at radius 2 is 0.757 bits per heavy atom. The highest BCUT2D eigenvalue weighted by molar-refractivity contribution is 5.75.